The molecule has 0 bridgehead atoms. The van der Waals surface area contributed by atoms with Crippen LogP contribution < -0.4 is 4.90 Å². The number of amides is 2. The topological polar surface area (TPSA) is 37.4 Å². The highest BCUT2D eigenvalue weighted by Gasteiger charge is 2.36. The van der Waals surface area contributed by atoms with E-state index in [1.165, 1.54) is 4.90 Å². The van der Waals surface area contributed by atoms with Gasteiger partial charge in [-0.2, -0.15) is 0 Å². The molecule has 0 saturated carbocycles. The van der Waals surface area contributed by atoms with Crippen LogP contribution in [0.2, 0.25) is 0 Å². The van der Waals surface area contributed by atoms with Gasteiger partial charge in [0.05, 0.1) is 16.8 Å². The van der Waals surface area contributed by atoms with E-state index in [2.05, 4.69) is 0 Å². The largest absolute Gasteiger partial charge is 0.268 e. The van der Waals surface area contributed by atoms with Gasteiger partial charge >= 0.3 is 0 Å². The molecule has 1 aliphatic rings. The summed E-state index contributed by atoms with van der Waals surface area (Å²) in [6, 6.07) is 24.3. The Balaban J connectivity index is 1.78. The molecule has 2 amide bonds. The van der Waals surface area contributed by atoms with Crippen molar-refractivity contribution in [1.82, 2.24) is 0 Å². The monoisotopic (exact) mass is 299 g/mol. The zero-order valence-electron chi connectivity index (χ0n) is 12.3. The summed E-state index contributed by atoms with van der Waals surface area (Å²) >= 11 is 0. The number of hydrogen-bond acceptors (Lipinski definition) is 2. The molecule has 0 atom stereocenters. The lowest BCUT2D eigenvalue weighted by molar-refractivity contribution is 0.0926. The Labute approximate surface area is 133 Å². The molecule has 0 spiro atoms. The second kappa shape index (κ2) is 5.21. The van der Waals surface area contributed by atoms with Crippen LogP contribution in [-0.2, 0) is 0 Å². The molecule has 23 heavy (non-hydrogen) atoms. The summed E-state index contributed by atoms with van der Waals surface area (Å²) in [5.74, 6) is -0.536. The van der Waals surface area contributed by atoms with Crippen molar-refractivity contribution in [2.75, 3.05) is 4.90 Å². The SMILES string of the molecule is O=C1c2ccccc2C(=O)N1c1cccc(-c2ccccc2)c1. The van der Waals surface area contributed by atoms with Gasteiger partial charge in [0.25, 0.3) is 11.8 Å². The van der Waals surface area contributed by atoms with E-state index < -0.39 is 0 Å². The van der Waals surface area contributed by atoms with Crippen molar-refractivity contribution in [1.29, 1.82) is 0 Å². The van der Waals surface area contributed by atoms with Crippen LogP contribution in [-0.4, -0.2) is 11.8 Å². The second-order valence-corrected chi connectivity index (χ2v) is 5.41. The second-order valence-electron chi connectivity index (χ2n) is 5.41. The Kier molecular flexibility index (Phi) is 3.05. The van der Waals surface area contributed by atoms with E-state index in [0.29, 0.717) is 16.8 Å². The smallest absolute Gasteiger partial charge is 0.266 e. The first-order chi connectivity index (χ1) is 11.3. The zero-order valence-corrected chi connectivity index (χ0v) is 12.3. The average Bonchev–Trinajstić information content (AvgIpc) is 2.87. The Bertz CT molecular complexity index is 881. The van der Waals surface area contributed by atoms with Crippen LogP contribution in [0, 0.1) is 0 Å². The summed E-state index contributed by atoms with van der Waals surface area (Å²) in [5, 5.41) is 0. The normalized spacial score (nSPS) is 13.3. The number of rotatable bonds is 2. The summed E-state index contributed by atoms with van der Waals surface area (Å²) in [7, 11) is 0. The Morgan fingerprint density at radius 2 is 1.13 bits per heavy atom. The maximum absolute atomic E-state index is 12.6. The number of benzene rings is 3. The van der Waals surface area contributed by atoms with Gasteiger partial charge in [-0.3, -0.25) is 9.59 Å². The third-order valence-corrected chi connectivity index (χ3v) is 4.01. The number of nitrogens with zero attached hydrogens (tertiary/aromatic N) is 1. The highest BCUT2D eigenvalue weighted by atomic mass is 16.2. The molecule has 3 heteroatoms. The summed E-state index contributed by atoms with van der Waals surface area (Å²) in [6.07, 6.45) is 0. The molecular weight excluding hydrogens is 286 g/mol. The van der Waals surface area contributed by atoms with Gasteiger partial charge in [0, 0.05) is 0 Å². The summed E-state index contributed by atoms with van der Waals surface area (Å²) in [4.78, 5) is 26.4. The predicted molar refractivity (Wildman–Crippen MR) is 89.5 cm³/mol. The third-order valence-electron chi connectivity index (χ3n) is 4.01. The summed E-state index contributed by atoms with van der Waals surface area (Å²) < 4.78 is 0. The first kappa shape index (κ1) is 13.5. The minimum Gasteiger partial charge on any atom is -0.268 e. The Morgan fingerprint density at radius 3 is 1.78 bits per heavy atom. The van der Waals surface area contributed by atoms with Gasteiger partial charge in [-0.25, -0.2) is 4.90 Å². The number of imide groups is 1. The van der Waals surface area contributed by atoms with Gasteiger partial charge in [0.1, 0.15) is 0 Å². The van der Waals surface area contributed by atoms with Gasteiger partial charge in [-0.1, -0.05) is 54.6 Å². The van der Waals surface area contributed by atoms with Crippen LogP contribution in [0.15, 0.2) is 78.9 Å². The van der Waals surface area contributed by atoms with E-state index in [4.69, 9.17) is 0 Å². The van der Waals surface area contributed by atoms with Crippen LogP contribution >= 0.6 is 0 Å². The molecule has 3 aromatic rings. The average molecular weight is 299 g/mol. The van der Waals surface area contributed by atoms with E-state index in [9.17, 15) is 9.59 Å². The van der Waals surface area contributed by atoms with Crippen molar-refractivity contribution in [3.8, 4) is 11.1 Å². The summed E-state index contributed by atoms with van der Waals surface area (Å²) in [5.41, 5.74) is 3.54. The van der Waals surface area contributed by atoms with Crippen molar-refractivity contribution >= 4 is 17.5 Å². The van der Waals surface area contributed by atoms with E-state index >= 15 is 0 Å². The quantitative estimate of drug-likeness (QED) is 0.666. The molecule has 0 N–H and O–H groups in total. The lowest BCUT2D eigenvalue weighted by Gasteiger charge is -2.15. The van der Waals surface area contributed by atoms with Crippen LogP contribution in [0.3, 0.4) is 0 Å². The first-order valence-corrected chi connectivity index (χ1v) is 7.39. The maximum atomic E-state index is 12.6. The molecule has 3 nitrogen and oxygen atoms in total. The van der Waals surface area contributed by atoms with Crippen molar-refractivity contribution in [2.45, 2.75) is 0 Å². The van der Waals surface area contributed by atoms with Crippen LogP contribution in [0.1, 0.15) is 20.7 Å². The molecule has 1 heterocycles. The molecule has 0 fully saturated rings. The number of anilines is 1. The van der Waals surface area contributed by atoms with E-state index in [1.807, 2.05) is 48.5 Å². The van der Waals surface area contributed by atoms with Crippen molar-refractivity contribution < 1.29 is 9.59 Å². The van der Waals surface area contributed by atoms with E-state index in [-0.39, 0.29) is 11.8 Å². The Hall–Kier alpha value is -3.20. The molecule has 1 aliphatic heterocycles. The Morgan fingerprint density at radius 1 is 0.565 bits per heavy atom. The fourth-order valence-electron chi connectivity index (χ4n) is 2.88. The zero-order chi connectivity index (χ0) is 15.8. The number of carbonyl (C=O) groups excluding carboxylic acids is 2. The number of hydrogen-bond donors (Lipinski definition) is 0. The van der Waals surface area contributed by atoms with Crippen molar-refractivity contribution in [3.05, 3.63) is 90.0 Å². The fraction of sp³-hybridized carbons (Fsp3) is 0. The van der Waals surface area contributed by atoms with Gasteiger partial charge in [0.2, 0.25) is 0 Å². The highest BCUT2D eigenvalue weighted by Crippen LogP contribution is 2.31. The maximum Gasteiger partial charge on any atom is 0.266 e. The minimum atomic E-state index is -0.268. The van der Waals surface area contributed by atoms with Gasteiger partial charge in [0.15, 0.2) is 0 Å². The van der Waals surface area contributed by atoms with Crippen molar-refractivity contribution in [2.24, 2.45) is 0 Å². The molecule has 3 aromatic carbocycles. The molecule has 4 rings (SSSR count). The lowest BCUT2D eigenvalue weighted by Crippen LogP contribution is -2.29. The standard InChI is InChI=1S/C20H13NO2/c22-19-17-11-4-5-12-18(17)20(23)21(19)16-10-6-9-15(13-16)14-7-2-1-3-8-14/h1-13H. The third kappa shape index (κ3) is 2.14. The molecule has 0 aliphatic carbocycles. The fourth-order valence-corrected chi connectivity index (χ4v) is 2.88. The molecule has 0 radical (unpaired) electrons. The molecule has 110 valence electrons. The van der Waals surface area contributed by atoms with Gasteiger partial charge in [-0.15, -0.1) is 0 Å². The lowest BCUT2D eigenvalue weighted by atomic mass is 10.1. The number of fused-ring (bicyclic) bond motifs is 1. The summed E-state index contributed by atoms with van der Waals surface area (Å²) in [6.45, 7) is 0. The predicted octanol–water partition coefficient (Wildman–Crippen LogP) is 4.15. The van der Waals surface area contributed by atoms with Crippen LogP contribution in [0.25, 0.3) is 11.1 Å². The molecule has 0 aromatic heterocycles. The first-order valence-electron chi connectivity index (χ1n) is 7.39. The molecular formula is C20H13NO2. The highest BCUT2D eigenvalue weighted by molar-refractivity contribution is 6.34. The minimum absolute atomic E-state index is 0.268. The molecule has 0 unspecified atom stereocenters. The van der Waals surface area contributed by atoms with Crippen LogP contribution in [0.4, 0.5) is 5.69 Å². The van der Waals surface area contributed by atoms with Crippen LogP contribution in [0.5, 0.6) is 0 Å². The van der Waals surface area contributed by atoms with E-state index in [1.54, 1.807) is 30.3 Å². The van der Waals surface area contributed by atoms with Crippen molar-refractivity contribution in [3.63, 3.8) is 0 Å². The molecule has 0 saturated heterocycles. The number of carbonyl (C=O) groups is 2. The van der Waals surface area contributed by atoms with Gasteiger partial charge < -0.3 is 0 Å². The van der Waals surface area contributed by atoms with E-state index in [0.717, 1.165) is 11.1 Å². The van der Waals surface area contributed by atoms with Gasteiger partial charge in [-0.05, 0) is 35.4 Å².